The summed E-state index contributed by atoms with van der Waals surface area (Å²) in [6.07, 6.45) is 1.60. The molecule has 88 valence electrons. The van der Waals surface area contributed by atoms with Gasteiger partial charge in [0.15, 0.2) is 0 Å². The second kappa shape index (κ2) is 4.20. The lowest BCUT2D eigenvalue weighted by molar-refractivity contribution is -0.147. The Bertz CT molecular complexity index is 354. The molecule has 4 nitrogen and oxygen atoms in total. The zero-order chi connectivity index (χ0) is 11.7. The van der Waals surface area contributed by atoms with Crippen molar-refractivity contribution in [2.24, 2.45) is 5.92 Å². The van der Waals surface area contributed by atoms with Crippen molar-refractivity contribution in [2.45, 2.75) is 33.6 Å². The molecule has 0 saturated heterocycles. The lowest BCUT2D eigenvalue weighted by atomic mass is 10.1. The average Bonchev–Trinajstić information content (AvgIpc) is 2.70. The summed E-state index contributed by atoms with van der Waals surface area (Å²) in [6.45, 7) is 6.37. The van der Waals surface area contributed by atoms with Crippen LogP contribution in [0.3, 0.4) is 0 Å². The van der Waals surface area contributed by atoms with Crippen LogP contribution in [0, 0.1) is 5.92 Å². The second-order valence-corrected chi connectivity index (χ2v) is 4.31. The van der Waals surface area contributed by atoms with E-state index in [1.165, 1.54) is 11.1 Å². The number of carbonyl (C=O) groups is 1. The molecule has 1 aliphatic carbocycles. The normalized spacial score (nSPS) is 20.4. The molecule has 1 fully saturated rings. The van der Waals surface area contributed by atoms with E-state index in [2.05, 4.69) is 10.9 Å². The van der Waals surface area contributed by atoms with Crippen molar-refractivity contribution in [3.8, 4) is 0 Å². The van der Waals surface area contributed by atoms with Gasteiger partial charge in [0.25, 0.3) is 0 Å². The molecule has 0 aromatic carbocycles. The van der Waals surface area contributed by atoms with Gasteiger partial charge < -0.3 is 15.6 Å². The minimum Gasteiger partial charge on any atom is -0.466 e. The van der Waals surface area contributed by atoms with Crippen LogP contribution in [-0.2, 0) is 9.53 Å². The number of hydrogen-bond acceptors (Lipinski definition) is 4. The number of hydrogen-bond donors (Lipinski definition) is 2. The van der Waals surface area contributed by atoms with Crippen molar-refractivity contribution in [3.63, 3.8) is 0 Å². The van der Waals surface area contributed by atoms with Crippen molar-refractivity contribution >= 4 is 5.97 Å². The molecule has 1 saturated carbocycles. The molecular weight excluding hydrogens is 204 g/mol. The standard InChI is InChI=1S/C12H18N2O2/c1-4-16-12(15)9-5-10-7(2)13-14-8(3)11(10)6-9/h9,13-14H,4-6H2,1-3H3. The first-order chi connectivity index (χ1) is 7.63. The minimum atomic E-state index is -0.0718. The van der Waals surface area contributed by atoms with Crippen LogP contribution in [0.5, 0.6) is 0 Å². The number of hydrazine groups is 1. The highest BCUT2D eigenvalue weighted by Gasteiger charge is 2.34. The largest absolute Gasteiger partial charge is 0.466 e. The molecule has 0 atom stereocenters. The van der Waals surface area contributed by atoms with Crippen molar-refractivity contribution in [1.29, 1.82) is 0 Å². The number of carbonyl (C=O) groups excluding carboxylic acids is 1. The predicted molar refractivity (Wildman–Crippen MR) is 61.0 cm³/mol. The van der Waals surface area contributed by atoms with Crippen LogP contribution >= 0.6 is 0 Å². The molecule has 0 radical (unpaired) electrons. The van der Waals surface area contributed by atoms with E-state index >= 15 is 0 Å². The van der Waals surface area contributed by atoms with Crippen LogP contribution in [-0.4, -0.2) is 12.6 Å². The summed E-state index contributed by atoms with van der Waals surface area (Å²) in [6, 6.07) is 0. The van der Waals surface area contributed by atoms with Crippen molar-refractivity contribution in [3.05, 3.63) is 22.5 Å². The molecule has 0 spiro atoms. The van der Waals surface area contributed by atoms with E-state index in [0.29, 0.717) is 6.61 Å². The van der Waals surface area contributed by atoms with Crippen molar-refractivity contribution < 1.29 is 9.53 Å². The quantitative estimate of drug-likeness (QED) is 0.697. The summed E-state index contributed by atoms with van der Waals surface area (Å²) in [5.41, 5.74) is 11.0. The summed E-state index contributed by atoms with van der Waals surface area (Å²) in [4.78, 5) is 11.7. The van der Waals surface area contributed by atoms with E-state index in [-0.39, 0.29) is 11.9 Å². The molecule has 1 heterocycles. The third-order valence-electron chi connectivity index (χ3n) is 3.23. The summed E-state index contributed by atoms with van der Waals surface area (Å²) >= 11 is 0. The Balaban J connectivity index is 2.19. The molecule has 1 aliphatic heterocycles. The van der Waals surface area contributed by atoms with Gasteiger partial charge in [0.1, 0.15) is 0 Å². The molecule has 0 bridgehead atoms. The predicted octanol–water partition coefficient (Wildman–Crippen LogP) is 1.62. The fourth-order valence-corrected chi connectivity index (χ4v) is 2.34. The molecule has 2 rings (SSSR count). The first kappa shape index (κ1) is 11.0. The number of allylic oxidation sites excluding steroid dienone is 4. The maximum Gasteiger partial charge on any atom is 0.309 e. The van der Waals surface area contributed by atoms with Crippen molar-refractivity contribution in [2.75, 3.05) is 6.61 Å². The number of esters is 1. The first-order valence-electron chi connectivity index (χ1n) is 5.72. The lowest BCUT2D eigenvalue weighted by Crippen LogP contribution is -2.33. The summed E-state index contributed by atoms with van der Waals surface area (Å²) < 4.78 is 5.08. The fraction of sp³-hybridized carbons (Fsp3) is 0.583. The van der Waals surface area contributed by atoms with Crippen LogP contribution in [0.25, 0.3) is 0 Å². The highest BCUT2D eigenvalue weighted by Crippen LogP contribution is 2.39. The van der Waals surface area contributed by atoms with E-state index in [1.54, 1.807) is 0 Å². The lowest BCUT2D eigenvalue weighted by Gasteiger charge is -2.21. The molecule has 2 N–H and O–H groups in total. The van der Waals surface area contributed by atoms with Crippen LogP contribution in [0.1, 0.15) is 33.6 Å². The minimum absolute atomic E-state index is 0.00319. The highest BCUT2D eigenvalue weighted by molar-refractivity contribution is 5.75. The SMILES string of the molecule is CCOC(=O)C1CC2=C(C)NNC(C)=C2C1. The Kier molecular flexibility index (Phi) is 2.90. The van der Waals surface area contributed by atoms with Crippen LogP contribution in [0.4, 0.5) is 0 Å². The average molecular weight is 222 g/mol. The van der Waals surface area contributed by atoms with E-state index in [1.807, 2.05) is 20.8 Å². The fourth-order valence-electron chi connectivity index (χ4n) is 2.34. The zero-order valence-corrected chi connectivity index (χ0v) is 10.0. The Morgan fingerprint density at radius 2 is 1.75 bits per heavy atom. The Hall–Kier alpha value is -1.45. The Morgan fingerprint density at radius 1 is 1.25 bits per heavy atom. The van der Waals surface area contributed by atoms with Gasteiger partial charge in [0.05, 0.1) is 12.5 Å². The molecule has 0 aromatic rings. The van der Waals surface area contributed by atoms with Gasteiger partial charge in [-0.1, -0.05) is 0 Å². The van der Waals surface area contributed by atoms with E-state index in [4.69, 9.17) is 4.74 Å². The molecule has 0 aromatic heterocycles. The van der Waals surface area contributed by atoms with E-state index < -0.39 is 0 Å². The molecule has 0 unspecified atom stereocenters. The van der Waals surface area contributed by atoms with Gasteiger partial charge in [0, 0.05) is 11.4 Å². The highest BCUT2D eigenvalue weighted by atomic mass is 16.5. The topological polar surface area (TPSA) is 50.4 Å². The van der Waals surface area contributed by atoms with Crippen molar-refractivity contribution in [1.82, 2.24) is 10.9 Å². The van der Waals surface area contributed by atoms with Crippen LogP contribution in [0.15, 0.2) is 22.5 Å². The van der Waals surface area contributed by atoms with Gasteiger partial charge in [0.2, 0.25) is 0 Å². The smallest absolute Gasteiger partial charge is 0.309 e. The monoisotopic (exact) mass is 222 g/mol. The Labute approximate surface area is 95.7 Å². The van der Waals surface area contributed by atoms with Crippen LogP contribution in [0.2, 0.25) is 0 Å². The van der Waals surface area contributed by atoms with Gasteiger partial charge in [-0.3, -0.25) is 4.79 Å². The summed E-state index contributed by atoms with van der Waals surface area (Å²) in [7, 11) is 0. The summed E-state index contributed by atoms with van der Waals surface area (Å²) in [5, 5.41) is 0. The van der Waals surface area contributed by atoms with E-state index in [9.17, 15) is 4.79 Å². The maximum absolute atomic E-state index is 11.7. The maximum atomic E-state index is 11.7. The molecule has 0 amide bonds. The summed E-state index contributed by atoms with van der Waals surface area (Å²) in [5.74, 6) is -0.0750. The van der Waals surface area contributed by atoms with E-state index in [0.717, 1.165) is 24.2 Å². The molecule has 16 heavy (non-hydrogen) atoms. The number of rotatable bonds is 2. The number of nitrogens with one attached hydrogen (secondary N) is 2. The van der Waals surface area contributed by atoms with Gasteiger partial charge in [-0.2, -0.15) is 0 Å². The van der Waals surface area contributed by atoms with Crippen LogP contribution < -0.4 is 10.9 Å². The second-order valence-electron chi connectivity index (χ2n) is 4.31. The van der Waals surface area contributed by atoms with Gasteiger partial charge in [-0.15, -0.1) is 0 Å². The zero-order valence-electron chi connectivity index (χ0n) is 10.0. The molecular formula is C12H18N2O2. The number of ether oxygens (including phenoxy) is 1. The third-order valence-corrected chi connectivity index (χ3v) is 3.23. The Morgan fingerprint density at radius 3 is 2.19 bits per heavy atom. The van der Waals surface area contributed by atoms with Gasteiger partial charge in [-0.05, 0) is 44.8 Å². The molecule has 4 heteroatoms. The number of fused-ring (bicyclic) bond motifs is 1. The first-order valence-corrected chi connectivity index (χ1v) is 5.72. The van der Waals surface area contributed by atoms with Gasteiger partial charge >= 0.3 is 5.97 Å². The third kappa shape index (κ3) is 1.79. The van der Waals surface area contributed by atoms with Gasteiger partial charge in [-0.25, -0.2) is 0 Å². The molecule has 2 aliphatic rings.